The summed E-state index contributed by atoms with van der Waals surface area (Å²) in [5, 5.41) is 0. The highest BCUT2D eigenvalue weighted by molar-refractivity contribution is 5.99. The quantitative estimate of drug-likeness (QED) is 0.777. The number of aryl methyl sites for hydroxylation is 2. The molecule has 0 amide bonds. The average Bonchev–Trinajstić information content (AvgIpc) is 2.47. The number of Topliss-reactive ketones (excluding diaryl/α,β-unsaturated/α-hetero) is 1. The zero-order valence-corrected chi connectivity index (χ0v) is 12.6. The van der Waals surface area contributed by atoms with E-state index in [4.69, 9.17) is 4.74 Å². The van der Waals surface area contributed by atoms with E-state index in [1.165, 1.54) is 5.56 Å². The number of ketones is 1. The Morgan fingerprint density at radius 3 is 2.57 bits per heavy atom. The van der Waals surface area contributed by atoms with Crippen LogP contribution in [0.25, 0.3) is 0 Å². The fraction of sp³-hybridized carbons (Fsp3) is 0.316. The van der Waals surface area contributed by atoms with Crippen LogP contribution in [0.2, 0.25) is 0 Å². The van der Waals surface area contributed by atoms with E-state index in [1.807, 2.05) is 50.2 Å². The van der Waals surface area contributed by atoms with Crippen molar-refractivity contribution in [3.63, 3.8) is 0 Å². The summed E-state index contributed by atoms with van der Waals surface area (Å²) in [6.45, 7) is 4.72. The molecule has 1 unspecified atom stereocenters. The Morgan fingerprint density at radius 1 is 1.10 bits per heavy atom. The maximum absolute atomic E-state index is 12.7. The van der Waals surface area contributed by atoms with Gasteiger partial charge in [-0.25, -0.2) is 0 Å². The van der Waals surface area contributed by atoms with Crippen LogP contribution in [0, 0.1) is 13.8 Å². The first-order valence-corrected chi connectivity index (χ1v) is 7.48. The first kappa shape index (κ1) is 13.9. The Kier molecular flexibility index (Phi) is 3.78. The molecule has 1 aliphatic heterocycles. The van der Waals surface area contributed by atoms with Crippen molar-refractivity contribution in [2.75, 3.05) is 6.61 Å². The van der Waals surface area contributed by atoms with Crippen LogP contribution in [0.5, 0.6) is 5.75 Å². The second-order valence-electron chi connectivity index (χ2n) is 5.77. The van der Waals surface area contributed by atoms with Gasteiger partial charge in [0.15, 0.2) is 5.78 Å². The molecule has 0 N–H and O–H groups in total. The van der Waals surface area contributed by atoms with Crippen LogP contribution in [0.3, 0.4) is 0 Å². The van der Waals surface area contributed by atoms with Crippen molar-refractivity contribution in [2.24, 2.45) is 0 Å². The molecule has 2 nitrogen and oxygen atoms in total. The largest absolute Gasteiger partial charge is 0.493 e. The summed E-state index contributed by atoms with van der Waals surface area (Å²) >= 11 is 0. The standard InChI is InChI=1S/C19H20O2/c1-13-6-5-7-14(2)19(13)17(20)12-15-10-11-21-18-9-4-3-8-16(15)18/h3-9,15H,10-12H2,1-2H3. The number of hydrogen-bond acceptors (Lipinski definition) is 2. The molecule has 21 heavy (non-hydrogen) atoms. The second kappa shape index (κ2) is 5.72. The second-order valence-corrected chi connectivity index (χ2v) is 5.77. The number of fused-ring (bicyclic) bond motifs is 1. The molecular weight excluding hydrogens is 260 g/mol. The van der Waals surface area contributed by atoms with Crippen LogP contribution in [0.1, 0.15) is 45.8 Å². The van der Waals surface area contributed by atoms with Crippen LogP contribution < -0.4 is 4.74 Å². The number of hydrogen-bond donors (Lipinski definition) is 0. The third kappa shape index (κ3) is 2.71. The highest BCUT2D eigenvalue weighted by Gasteiger charge is 2.25. The maximum Gasteiger partial charge on any atom is 0.164 e. The van der Waals surface area contributed by atoms with E-state index in [1.54, 1.807) is 0 Å². The summed E-state index contributed by atoms with van der Waals surface area (Å²) in [5.74, 6) is 1.44. The lowest BCUT2D eigenvalue weighted by atomic mass is 9.85. The Hall–Kier alpha value is -2.09. The first-order chi connectivity index (χ1) is 10.2. The van der Waals surface area contributed by atoms with Gasteiger partial charge in [-0.3, -0.25) is 4.79 Å². The van der Waals surface area contributed by atoms with Crippen LogP contribution in [0.15, 0.2) is 42.5 Å². The van der Waals surface area contributed by atoms with Gasteiger partial charge in [0, 0.05) is 12.0 Å². The van der Waals surface area contributed by atoms with Crippen molar-refractivity contribution < 1.29 is 9.53 Å². The summed E-state index contributed by atoms with van der Waals surface area (Å²) in [7, 11) is 0. The van der Waals surface area contributed by atoms with Crippen molar-refractivity contribution >= 4 is 5.78 Å². The zero-order valence-electron chi connectivity index (χ0n) is 12.6. The normalized spacial score (nSPS) is 17.0. The van der Waals surface area contributed by atoms with Crippen LogP contribution in [0.4, 0.5) is 0 Å². The average molecular weight is 280 g/mol. The van der Waals surface area contributed by atoms with Gasteiger partial charge in [-0.05, 0) is 48.9 Å². The summed E-state index contributed by atoms with van der Waals surface area (Å²) < 4.78 is 5.68. The van der Waals surface area contributed by atoms with Crippen LogP contribution >= 0.6 is 0 Å². The number of rotatable bonds is 3. The van der Waals surface area contributed by atoms with Gasteiger partial charge in [0.25, 0.3) is 0 Å². The molecule has 0 radical (unpaired) electrons. The maximum atomic E-state index is 12.7. The number of ether oxygens (including phenoxy) is 1. The molecule has 1 atom stereocenters. The lowest BCUT2D eigenvalue weighted by Gasteiger charge is -2.25. The Morgan fingerprint density at radius 2 is 1.81 bits per heavy atom. The summed E-state index contributed by atoms with van der Waals surface area (Å²) in [5.41, 5.74) is 4.20. The van der Waals surface area contributed by atoms with Crippen LogP contribution in [-0.4, -0.2) is 12.4 Å². The van der Waals surface area contributed by atoms with Crippen molar-refractivity contribution in [2.45, 2.75) is 32.6 Å². The number of para-hydroxylation sites is 1. The van der Waals surface area contributed by atoms with Gasteiger partial charge < -0.3 is 4.74 Å². The Bertz CT molecular complexity index is 653. The van der Waals surface area contributed by atoms with E-state index in [-0.39, 0.29) is 11.7 Å². The molecule has 0 aromatic heterocycles. The van der Waals surface area contributed by atoms with E-state index in [0.717, 1.165) is 28.9 Å². The van der Waals surface area contributed by atoms with Crippen molar-refractivity contribution in [1.29, 1.82) is 0 Å². The molecule has 0 saturated heterocycles. The predicted octanol–water partition coefficient (Wildman–Crippen LogP) is 4.44. The predicted molar refractivity (Wildman–Crippen MR) is 84.2 cm³/mol. The molecule has 0 fully saturated rings. The fourth-order valence-corrected chi connectivity index (χ4v) is 3.21. The molecule has 2 aromatic carbocycles. The van der Waals surface area contributed by atoms with E-state index in [9.17, 15) is 4.79 Å². The van der Waals surface area contributed by atoms with Gasteiger partial charge in [0.05, 0.1) is 6.61 Å². The third-order valence-electron chi connectivity index (χ3n) is 4.27. The molecule has 1 aliphatic rings. The SMILES string of the molecule is Cc1cccc(C)c1C(=O)CC1CCOc2ccccc21. The molecular formula is C19H20O2. The smallest absolute Gasteiger partial charge is 0.164 e. The summed E-state index contributed by atoms with van der Waals surface area (Å²) in [6, 6.07) is 14.1. The van der Waals surface area contributed by atoms with Gasteiger partial charge in [0.2, 0.25) is 0 Å². The summed E-state index contributed by atoms with van der Waals surface area (Å²) in [4.78, 5) is 12.7. The molecule has 0 aliphatic carbocycles. The Labute approximate surface area is 125 Å². The number of carbonyl (C=O) groups is 1. The van der Waals surface area contributed by atoms with E-state index in [0.29, 0.717) is 13.0 Å². The molecule has 0 bridgehead atoms. The van der Waals surface area contributed by atoms with Gasteiger partial charge in [-0.1, -0.05) is 36.4 Å². The number of carbonyl (C=O) groups excluding carboxylic acids is 1. The molecule has 0 spiro atoms. The Balaban J connectivity index is 1.86. The minimum atomic E-state index is 0.243. The molecule has 108 valence electrons. The number of benzene rings is 2. The lowest BCUT2D eigenvalue weighted by Crippen LogP contribution is -2.18. The first-order valence-electron chi connectivity index (χ1n) is 7.48. The van der Waals surface area contributed by atoms with Gasteiger partial charge >= 0.3 is 0 Å². The van der Waals surface area contributed by atoms with E-state index >= 15 is 0 Å². The molecule has 3 rings (SSSR count). The molecule has 1 heterocycles. The van der Waals surface area contributed by atoms with E-state index in [2.05, 4.69) is 6.07 Å². The van der Waals surface area contributed by atoms with Crippen LogP contribution in [-0.2, 0) is 0 Å². The topological polar surface area (TPSA) is 26.3 Å². The monoisotopic (exact) mass is 280 g/mol. The molecule has 2 heteroatoms. The minimum Gasteiger partial charge on any atom is -0.493 e. The highest BCUT2D eigenvalue weighted by Crippen LogP contribution is 2.36. The van der Waals surface area contributed by atoms with Crippen molar-refractivity contribution in [1.82, 2.24) is 0 Å². The molecule has 0 saturated carbocycles. The van der Waals surface area contributed by atoms with Gasteiger partial charge in [-0.2, -0.15) is 0 Å². The van der Waals surface area contributed by atoms with Crippen molar-refractivity contribution in [3.05, 3.63) is 64.7 Å². The van der Waals surface area contributed by atoms with E-state index < -0.39 is 0 Å². The van der Waals surface area contributed by atoms with Crippen molar-refractivity contribution in [3.8, 4) is 5.75 Å². The van der Waals surface area contributed by atoms with Gasteiger partial charge in [-0.15, -0.1) is 0 Å². The summed E-state index contributed by atoms with van der Waals surface area (Å²) in [6.07, 6.45) is 1.47. The molecule has 2 aromatic rings. The third-order valence-corrected chi connectivity index (χ3v) is 4.27. The minimum absolute atomic E-state index is 0.243. The highest BCUT2D eigenvalue weighted by atomic mass is 16.5. The zero-order chi connectivity index (χ0) is 14.8. The van der Waals surface area contributed by atoms with Gasteiger partial charge in [0.1, 0.15) is 5.75 Å². The fourth-order valence-electron chi connectivity index (χ4n) is 3.21. The lowest BCUT2D eigenvalue weighted by molar-refractivity contribution is 0.0964.